The van der Waals surface area contributed by atoms with E-state index in [-0.39, 0.29) is 12.6 Å². The first-order valence-corrected chi connectivity index (χ1v) is 6.54. The van der Waals surface area contributed by atoms with E-state index in [1.54, 1.807) is 7.11 Å². The van der Waals surface area contributed by atoms with E-state index in [2.05, 4.69) is 4.90 Å². The number of nitrogens with two attached hydrogens (primary N) is 1. The quantitative estimate of drug-likeness (QED) is 0.850. The van der Waals surface area contributed by atoms with E-state index in [1.807, 2.05) is 18.2 Å². The van der Waals surface area contributed by atoms with Gasteiger partial charge < -0.3 is 20.5 Å². The molecule has 2 rings (SSSR count). The predicted octanol–water partition coefficient (Wildman–Crippen LogP) is 1.51. The monoisotopic (exact) mass is 250 g/mol. The van der Waals surface area contributed by atoms with E-state index in [1.165, 1.54) is 6.42 Å². The molecule has 4 heteroatoms. The number of aliphatic hydroxyl groups excluding tert-OH is 1. The maximum atomic E-state index is 9.51. The zero-order valence-corrected chi connectivity index (χ0v) is 10.9. The minimum absolute atomic E-state index is 0.196. The first-order valence-electron chi connectivity index (χ1n) is 6.54. The van der Waals surface area contributed by atoms with Gasteiger partial charge in [0.25, 0.3) is 0 Å². The van der Waals surface area contributed by atoms with Crippen LogP contribution in [0.15, 0.2) is 18.2 Å². The summed E-state index contributed by atoms with van der Waals surface area (Å²) in [6.45, 7) is 1.68. The Hall–Kier alpha value is -1.26. The second kappa shape index (κ2) is 6.07. The molecule has 0 bridgehead atoms. The fourth-order valence-corrected chi connectivity index (χ4v) is 2.62. The maximum Gasteiger partial charge on any atom is 0.120 e. The summed E-state index contributed by atoms with van der Waals surface area (Å²) >= 11 is 0. The number of rotatable bonds is 4. The Morgan fingerprint density at radius 1 is 1.44 bits per heavy atom. The number of aliphatic hydroxyl groups is 1. The highest BCUT2D eigenvalue weighted by atomic mass is 16.5. The second-order valence-corrected chi connectivity index (χ2v) is 4.72. The van der Waals surface area contributed by atoms with Crippen molar-refractivity contribution in [1.29, 1.82) is 0 Å². The molecule has 100 valence electrons. The molecule has 1 aliphatic rings. The number of anilines is 1. The van der Waals surface area contributed by atoms with E-state index in [0.29, 0.717) is 6.54 Å². The van der Waals surface area contributed by atoms with E-state index in [4.69, 9.17) is 10.5 Å². The Bertz CT molecular complexity index is 395. The van der Waals surface area contributed by atoms with Crippen molar-refractivity contribution in [3.05, 3.63) is 23.8 Å². The lowest BCUT2D eigenvalue weighted by molar-refractivity contribution is 0.240. The van der Waals surface area contributed by atoms with E-state index >= 15 is 0 Å². The van der Waals surface area contributed by atoms with Gasteiger partial charge in [-0.05, 0) is 30.9 Å². The molecule has 3 N–H and O–H groups in total. The lowest BCUT2D eigenvalue weighted by atomic mass is 10.00. The van der Waals surface area contributed by atoms with Crippen LogP contribution >= 0.6 is 0 Å². The zero-order valence-electron chi connectivity index (χ0n) is 10.9. The van der Waals surface area contributed by atoms with E-state index in [9.17, 15) is 5.11 Å². The number of methoxy groups -OCH3 is 1. The minimum atomic E-state index is 0.196. The molecule has 1 atom stereocenters. The van der Waals surface area contributed by atoms with Crippen molar-refractivity contribution >= 4 is 5.69 Å². The molecule has 0 saturated carbocycles. The van der Waals surface area contributed by atoms with Gasteiger partial charge >= 0.3 is 0 Å². The summed E-state index contributed by atoms with van der Waals surface area (Å²) in [7, 11) is 1.67. The van der Waals surface area contributed by atoms with Gasteiger partial charge in [-0.3, -0.25) is 0 Å². The molecule has 18 heavy (non-hydrogen) atoms. The van der Waals surface area contributed by atoms with Gasteiger partial charge in [-0.25, -0.2) is 0 Å². The fraction of sp³-hybridized carbons (Fsp3) is 0.571. The van der Waals surface area contributed by atoms with Gasteiger partial charge in [0, 0.05) is 24.8 Å². The van der Waals surface area contributed by atoms with Gasteiger partial charge in [-0.2, -0.15) is 0 Å². The summed E-state index contributed by atoms with van der Waals surface area (Å²) in [5, 5.41) is 9.51. The highest BCUT2D eigenvalue weighted by molar-refractivity contribution is 5.58. The second-order valence-electron chi connectivity index (χ2n) is 4.72. The fourth-order valence-electron chi connectivity index (χ4n) is 2.62. The van der Waals surface area contributed by atoms with Crippen molar-refractivity contribution in [3.8, 4) is 5.75 Å². The van der Waals surface area contributed by atoms with Crippen LogP contribution in [0.4, 0.5) is 5.69 Å². The number of ether oxygens (including phenoxy) is 1. The van der Waals surface area contributed by atoms with Crippen LogP contribution in [0.3, 0.4) is 0 Å². The molecule has 1 aliphatic heterocycles. The lowest BCUT2D eigenvalue weighted by Crippen LogP contribution is -2.42. The van der Waals surface area contributed by atoms with Crippen molar-refractivity contribution < 1.29 is 9.84 Å². The largest absolute Gasteiger partial charge is 0.497 e. The van der Waals surface area contributed by atoms with Crippen LogP contribution in [0, 0.1) is 0 Å². The summed E-state index contributed by atoms with van der Waals surface area (Å²) < 4.78 is 5.28. The molecule has 1 saturated heterocycles. The first kappa shape index (κ1) is 13.2. The Labute approximate surface area is 108 Å². The Kier molecular flexibility index (Phi) is 4.44. The summed E-state index contributed by atoms with van der Waals surface area (Å²) in [6, 6.07) is 6.17. The van der Waals surface area contributed by atoms with Crippen molar-refractivity contribution in [1.82, 2.24) is 0 Å². The molecule has 0 aliphatic carbocycles. The number of benzene rings is 1. The molecule has 0 amide bonds. The molecule has 4 nitrogen and oxygen atoms in total. The molecule has 0 radical (unpaired) electrons. The summed E-state index contributed by atoms with van der Waals surface area (Å²) in [5.74, 6) is 0.837. The van der Waals surface area contributed by atoms with Crippen LogP contribution < -0.4 is 15.4 Å². The average molecular weight is 250 g/mol. The number of hydrogen-bond acceptors (Lipinski definition) is 4. The van der Waals surface area contributed by atoms with Gasteiger partial charge in [0.1, 0.15) is 5.75 Å². The number of piperidine rings is 1. The molecule has 0 aromatic heterocycles. The van der Waals surface area contributed by atoms with Gasteiger partial charge in [0.2, 0.25) is 0 Å². The third-order valence-electron chi connectivity index (χ3n) is 3.66. The smallest absolute Gasteiger partial charge is 0.120 e. The molecule has 1 unspecified atom stereocenters. The average Bonchev–Trinajstić information content (AvgIpc) is 2.46. The number of nitrogens with zero attached hydrogens (tertiary/aromatic N) is 1. The number of hydrogen-bond donors (Lipinski definition) is 2. The van der Waals surface area contributed by atoms with Gasteiger partial charge in [0.15, 0.2) is 0 Å². The predicted molar refractivity (Wildman–Crippen MR) is 73.0 cm³/mol. The molecule has 1 heterocycles. The van der Waals surface area contributed by atoms with Gasteiger partial charge in [-0.1, -0.05) is 6.07 Å². The van der Waals surface area contributed by atoms with Gasteiger partial charge in [0.05, 0.1) is 19.8 Å². The van der Waals surface area contributed by atoms with Crippen molar-refractivity contribution in [2.75, 3.05) is 25.2 Å². The van der Waals surface area contributed by atoms with Crippen molar-refractivity contribution in [2.24, 2.45) is 5.73 Å². The topological polar surface area (TPSA) is 58.7 Å². The molecule has 1 fully saturated rings. The van der Waals surface area contributed by atoms with Gasteiger partial charge in [-0.15, -0.1) is 0 Å². The molecular weight excluding hydrogens is 228 g/mol. The highest BCUT2D eigenvalue weighted by Gasteiger charge is 2.23. The van der Waals surface area contributed by atoms with Crippen LogP contribution in [0.2, 0.25) is 0 Å². The van der Waals surface area contributed by atoms with E-state index < -0.39 is 0 Å². The highest BCUT2D eigenvalue weighted by Crippen LogP contribution is 2.31. The van der Waals surface area contributed by atoms with Crippen molar-refractivity contribution in [3.63, 3.8) is 0 Å². The molecule has 0 spiro atoms. The van der Waals surface area contributed by atoms with Crippen LogP contribution in [-0.2, 0) is 6.54 Å². The Morgan fingerprint density at radius 2 is 2.28 bits per heavy atom. The summed E-state index contributed by atoms with van der Waals surface area (Å²) in [4.78, 5) is 2.27. The third kappa shape index (κ3) is 2.60. The normalized spacial score (nSPS) is 19.9. The lowest BCUT2D eigenvalue weighted by Gasteiger charge is -2.37. The summed E-state index contributed by atoms with van der Waals surface area (Å²) in [6.07, 6.45) is 3.39. The Morgan fingerprint density at radius 3 is 2.94 bits per heavy atom. The Balaban J connectivity index is 2.34. The standard InChI is InChI=1S/C14H22N2O2/c1-18-13-6-5-11(9-15)14(8-13)16-7-3-2-4-12(16)10-17/h5-6,8,12,17H,2-4,7,9-10,15H2,1H3. The van der Waals surface area contributed by atoms with Crippen molar-refractivity contribution in [2.45, 2.75) is 31.8 Å². The zero-order chi connectivity index (χ0) is 13.0. The van der Waals surface area contributed by atoms with Crippen LogP contribution in [-0.4, -0.2) is 31.4 Å². The first-order chi connectivity index (χ1) is 8.80. The third-order valence-corrected chi connectivity index (χ3v) is 3.66. The van der Waals surface area contributed by atoms with Crippen LogP contribution in [0.1, 0.15) is 24.8 Å². The maximum absolute atomic E-state index is 9.51. The van der Waals surface area contributed by atoms with Crippen LogP contribution in [0.25, 0.3) is 0 Å². The SMILES string of the molecule is COc1ccc(CN)c(N2CCCCC2CO)c1. The molecule has 1 aromatic rings. The minimum Gasteiger partial charge on any atom is -0.497 e. The molecule has 1 aromatic carbocycles. The summed E-state index contributed by atoms with van der Waals surface area (Å²) in [5.41, 5.74) is 8.02. The van der Waals surface area contributed by atoms with E-state index in [0.717, 1.165) is 36.4 Å². The van der Waals surface area contributed by atoms with Crippen LogP contribution in [0.5, 0.6) is 5.75 Å². The molecular formula is C14H22N2O2.